The lowest BCUT2D eigenvalue weighted by atomic mass is 10.1. The Labute approximate surface area is 134 Å². The minimum absolute atomic E-state index is 0.253. The Balaban J connectivity index is 2.09. The number of amides is 1. The number of carbonyl (C=O) groups is 1. The average molecular weight is 339 g/mol. The van der Waals surface area contributed by atoms with E-state index in [4.69, 9.17) is 0 Å². The molecule has 0 spiro atoms. The van der Waals surface area contributed by atoms with Gasteiger partial charge in [0.2, 0.25) is 0 Å². The number of carbonyl (C=O) groups excluding carboxylic acids is 1. The Kier molecular flexibility index (Phi) is 5.19. The van der Waals surface area contributed by atoms with Gasteiger partial charge in [-0.1, -0.05) is 30.0 Å². The maximum absolute atomic E-state index is 13.4. The molecule has 0 saturated heterocycles. The molecule has 0 atom stereocenters. The summed E-state index contributed by atoms with van der Waals surface area (Å²) in [6, 6.07) is 7.65. The number of hydrogen-bond donors (Lipinski definition) is 1. The highest BCUT2D eigenvalue weighted by Gasteiger charge is 2.32. The highest BCUT2D eigenvalue weighted by Crippen LogP contribution is 2.31. The number of hydrogen-bond acceptors (Lipinski definition) is 1. The van der Waals surface area contributed by atoms with Crippen LogP contribution in [0.25, 0.3) is 0 Å². The second-order valence-corrected chi connectivity index (χ2v) is 4.62. The zero-order valence-corrected chi connectivity index (χ0v) is 12.0. The SMILES string of the molecule is O=C(NCC#Cc1ccccc1C(F)(F)F)c1c(F)cccc1F. The predicted octanol–water partition coefficient (Wildman–Crippen LogP) is 3.77. The minimum Gasteiger partial charge on any atom is -0.341 e. The van der Waals surface area contributed by atoms with Crippen LogP contribution in [0.15, 0.2) is 42.5 Å². The van der Waals surface area contributed by atoms with Gasteiger partial charge >= 0.3 is 6.18 Å². The second-order valence-electron chi connectivity index (χ2n) is 4.62. The third kappa shape index (κ3) is 4.10. The lowest BCUT2D eigenvalue weighted by molar-refractivity contribution is -0.137. The van der Waals surface area contributed by atoms with Crippen molar-refractivity contribution in [2.75, 3.05) is 6.54 Å². The Bertz CT molecular complexity index is 797. The van der Waals surface area contributed by atoms with Gasteiger partial charge in [0.25, 0.3) is 5.91 Å². The molecule has 7 heteroatoms. The van der Waals surface area contributed by atoms with Crippen molar-refractivity contribution < 1.29 is 26.7 Å². The second kappa shape index (κ2) is 7.13. The molecule has 2 rings (SSSR count). The van der Waals surface area contributed by atoms with Crippen molar-refractivity contribution in [2.24, 2.45) is 0 Å². The van der Waals surface area contributed by atoms with E-state index in [1.807, 2.05) is 0 Å². The molecule has 2 aromatic carbocycles. The van der Waals surface area contributed by atoms with E-state index in [-0.39, 0.29) is 12.1 Å². The van der Waals surface area contributed by atoms with Gasteiger partial charge < -0.3 is 5.32 Å². The Morgan fingerprint density at radius 1 is 1.00 bits per heavy atom. The van der Waals surface area contributed by atoms with Crippen LogP contribution in [0.1, 0.15) is 21.5 Å². The zero-order valence-electron chi connectivity index (χ0n) is 12.0. The standard InChI is InChI=1S/C17H10F5NO/c18-13-8-3-9-14(19)15(13)16(24)23-10-4-6-11-5-1-2-7-12(11)17(20,21)22/h1-3,5,7-9H,10H2,(H,23,24). The summed E-state index contributed by atoms with van der Waals surface area (Å²) >= 11 is 0. The molecule has 0 aromatic heterocycles. The lowest BCUT2D eigenvalue weighted by Crippen LogP contribution is -2.25. The number of halogens is 5. The molecule has 0 fully saturated rings. The monoisotopic (exact) mass is 339 g/mol. The van der Waals surface area contributed by atoms with E-state index < -0.39 is 34.8 Å². The fraction of sp³-hybridized carbons (Fsp3) is 0.118. The van der Waals surface area contributed by atoms with Crippen LogP contribution in [-0.4, -0.2) is 12.5 Å². The summed E-state index contributed by atoms with van der Waals surface area (Å²) < 4.78 is 65.1. The summed E-state index contributed by atoms with van der Waals surface area (Å²) in [5.41, 5.74) is -1.92. The van der Waals surface area contributed by atoms with E-state index in [0.717, 1.165) is 24.3 Å². The first-order valence-electron chi connectivity index (χ1n) is 6.68. The summed E-state index contributed by atoms with van der Waals surface area (Å²) in [5.74, 6) is 1.49. The smallest absolute Gasteiger partial charge is 0.341 e. The van der Waals surface area contributed by atoms with Gasteiger partial charge in [-0.05, 0) is 24.3 Å². The molecule has 0 heterocycles. The van der Waals surface area contributed by atoms with Crippen molar-refractivity contribution in [3.05, 3.63) is 70.8 Å². The summed E-state index contributed by atoms with van der Waals surface area (Å²) in [7, 11) is 0. The predicted molar refractivity (Wildman–Crippen MR) is 77.0 cm³/mol. The summed E-state index contributed by atoms with van der Waals surface area (Å²) in [6.45, 7) is -0.362. The van der Waals surface area contributed by atoms with E-state index in [2.05, 4.69) is 17.2 Å². The molecular formula is C17H10F5NO. The van der Waals surface area contributed by atoms with E-state index in [9.17, 15) is 26.7 Å². The van der Waals surface area contributed by atoms with E-state index in [1.54, 1.807) is 0 Å². The number of nitrogens with one attached hydrogen (secondary N) is 1. The third-order valence-electron chi connectivity index (χ3n) is 2.98. The van der Waals surface area contributed by atoms with Crippen LogP contribution in [0, 0.1) is 23.5 Å². The van der Waals surface area contributed by atoms with E-state index >= 15 is 0 Å². The average Bonchev–Trinajstić information content (AvgIpc) is 2.51. The first-order chi connectivity index (χ1) is 11.3. The van der Waals surface area contributed by atoms with Crippen molar-refractivity contribution in [1.29, 1.82) is 0 Å². The largest absolute Gasteiger partial charge is 0.417 e. The molecule has 0 saturated carbocycles. The molecule has 0 aliphatic carbocycles. The summed E-state index contributed by atoms with van der Waals surface area (Å²) in [6.07, 6.45) is -4.55. The normalized spacial score (nSPS) is 10.7. The van der Waals surface area contributed by atoms with Gasteiger partial charge in [-0.15, -0.1) is 0 Å². The Morgan fingerprint density at radius 2 is 1.62 bits per heavy atom. The van der Waals surface area contributed by atoms with E-state index in [0.29, 0.717) is 0 Å². The maximum atomic E-state index is 13.4. The lowest BCUT2D eigenvalue weighted by Gasteiger charge is -2.08. The van der Waals surface area contributed by atoms with Gasteiger partial charge in [-0.25, -0.2) is 8.78 Å². The van der Waals surface area contributed by atoms with Crippen LogP contribution >= 0.6 is 0 Å². The van der Waals surface area contributed by atoms with Gasteiger partial charge in [0, 0.05) is 5.56 Å². The van der Waals surface area contributed by atoms with Crippen LogP contribution in [0.2, 0.25) is 0 Å². The molecule has 2 nitrogen and oxygen atoms in total. The number of benzene rings is 2. The Morgan fingerprint density at radius 3 is 2.25 bits per heavy atom. The zero-order chi connectivity index (χ0) is 17.7. The number of alkyl halides is 3. The molecule has 24 heavy (non-hydrogen) atoms. The van der Waals surface area contributed by atoms with Gasteiger partial charge in [0.15, 0.2) is 0 Å². The molecular weight excluding hydrogens is 329 g/mol. The molecule has 1 N–H and O–H groups in total. The van der Waals surface area contributed by atoms with Crippen LogP contribution in [-0.2, 0) is 6.18 Å². The van der Waals surface area contributed by atoms with Crippen molar-refractivity contribution in [3.8, 4) is 11.8 Å². The molecule has 124 valence electrons. The fourth-order valence-corrected chi connectivity index (χ4v) is 1.91. The van der Waals surface area contributed by atoms with Crippen molar-refractivity contribution in [3.63, 3.8) is 0 Å². The molecule has 1 amide bonds. The quantitative estimate of drug-likeness (QED) is 0.655. The first kappa shape index (κ1) is 17.5. The Hall–Kier alpha value is -2.88. The first-order valence-corrected chi connectivity index (χ1v) is 6.68. The molecule has 0 bridgehead atoms. The van der Waals surface area contributed by atoms with Gasteiger partial charge in [-0.3, -0.25) is 4.79 Å². The molecule has 0 aliphatic rings. The summed E-state index contributed by atoms with van der Waals surface area (Å²) in [4.78, 5) is 11.7. The van der Waals surface area contributed by atoms with E-state index in [1.165, 1.54) is 18.2 Å². The van der Waals surface area contributed by atoms with Crippen LogP contribution < -0.4 is 5.32 Å². The molecule has 2 aromatic rings. The minimum atomic E-state index is -4.55. The van der Waals surface area contributed by atoms with Gasteiger partial charge in [-0.2, -0.15) is 13.2 Å². The molecule has 0 aliphatic heterocycles. The summed E-state index contributed by atoms with van der Waals surface area (Å²) in [5, 5.41) is 2.14. The van der Waals surface area contributed by atoms with Crippen molar-refractivity contribution in [1.82, 2.24) is 5.32 Å². The van der Waals surface area contributed by atoms with Crippen molar-refractivity contribution in [2.45, 2.75) is 6.18 Å². The maximum Gasteiger partial charge on any atom is 0.417 e. The molecule has 0 radical (unpaired) electrons. The topological polar surface area (TPSA) is 29.1 Å². The highest BCUT2D eigenvalue weighted by atomic mass is 19.4. The fourth-order valence-electron chi connectivity index (χ4n) is 1.91. The highest BCUT2D eigenvalue weighted by molar-refractivity contribution is 5.94. The van der Waals surface area contributed by atoms with Crippen LogP contribution in [0.3, 0.4) is 0 Å². The van der Waals surface area contributed by atoms with Crippen molar-refractivity contribution >= 4 is 5.91 Å². The number of rotatable bonds is 2. The van der Waals surface area contributed by atoms with Crippen LogP contribution in [0.4, 0.5) is 22.0 Å². The molecule has 0 unspecified atom stereocenters. The van der Waals surface area contributed by atoms with Crippen LogP contribution in [0.5, 0.6) is 0 Å². The third-order valence-corrected chi connectivity index (χ3v) is 2.98. The van der Waals surface area contributed by atoms with Gasteiger partial charge in [0.1, 0.15) is 17.2 Å². The van der Waals surface area contributed by atoms with Gasteiger partial charge in [0.05, 0.1) is 12.1 Å².